The van der Waals surface area contributed by atoms with Crippen molar-refractivity contribution in [1.82, 2.24) is 9.97 Å². The fourth-order valence-electron chi connectivity index (χ4n) is 1.75. The van der Waals surface area contributed by atoms with Gasteiger partial charge in [0.05, 0.1) is 5.69 Å². The molecule has 0 amide bonds. The Kier molecular flexibility index (Phi) is 3.11. The zero-order chi connectivity index (χ0) is 11.7. The molecule has 0 bridgehead atoms. The molecule has 86 valence electrons. The summed E-state index contributed by atoms with van der Waals surface area (Å²) in [5.74, 6) is 0. The highest BCUT2D eigenvalue weighted by molar-refractivity contribution is 6.32. The number of rotatable bonds is 2. The van der Waals surface area contributed by atoms with Crippen LogP contribution in [0.1, 0.15) is 30.2 Å². The number of nitrogens with zero attached hydrogens (tertiary/aromatic N) is 3. The zero-order valence-electron chi connectivity index (χ0n) is 8.02. The summed E-state index contributed by atoms with van der Waals surface area (Å²) in [5, 5.41) is 9.71. The number of halogens is 2. The second-order valence-electron chi connectivity index (χ2n) is 3.36. The first-order valence-electron chi connectivity index (χ1n) is 4.61. The molecule has 0 spiro atoms. The second-order valence-corrected chi connectivity index (χ2v) is 4.05. The topological polar surface area (TPSA) is 78.2 Å². The van der Waals surface area contributed by atoms with E-state index in [2.05, 4.69) is 14.8 Å². The number of aromatic nitrogens is 2. The van der Waals surface area contributed by atoms with E-state index in [0.717, 1.165) is 6.42 Å². The van der Waals surface area contributed by atoms with E-state index in [1.807, 2.05) is 0 Å². The molecule has 1 aliphatic rings. The van der Waals surface area contributed by atoms with E-state index in [0.29, 0.717) is 24.1 Å². The van der Waals surface area contributed by atoms with Crippen LogP contribution in [0.5, 0.6) is 0 Å². The van der Waals surface area contributed by atoms with E-state index >= 15 is 0 Å². The molecule has 1 aromatic heterocycles. The third-order valence-corrected chi connectivity index (χ3v) is 2.85. The number of hydrogen-bond donors (Lipinski definition) is 0. The van der Waals surface area contributed by atoms with Gasteiger partial charge in [-0.1, -0.05) is 11.6 Å². The summed E-state index contributed by atoms with van der Waals surface area (Å²) in [6.07, 6.45) is 1.26. The van der Waals surface area contributed by atoms with Crippen LogP contribution in [0.25, 0.3) is 0 Å². The third-order valence-electron chi connectivity index (χ3n) is 2.37. The standard InChI is InChI=1S/C8H7Cl2N3O3/c9-7-4-2-1-3-5(16-13(14)15)6(4)11-8(10)12-7/h5H,1-3H2. The number of hydrogen-bond acceptors (Lipinski definition) is 5. The molecule has 0 fully saturated rings. The summed E-state index contributed by atoms with van der Waals surface area (Å²) >= 11 is 11.5. The van der Waals surface area contributed by atoms with Crippen molar-refractivity contribution in [1.29, 1.82) is 0 Å². The lowest BCUT2D eigenvalue weighted by atomic mass is 9.95. The number of fused-ring (bicyclic) bond motifs is 1. The molecule has 0 aromatic carbocycles. The highest BCUT2D eigenvalue weighted by Crippen LogP contribution is 2.34. The smallest absolute Gasteiger partial charge is 0.295 e. The lowest BCUT2D eigenvalue weighted by Crippen LogP contribution is -2.18. The lowest BCUT2D eigenvalue weighted by molar-refractivity contribution is -0.771. The fourth-order valence-corrected chi connectivity index (χ4v) is 2.24. The summed E-state index contributed by atoms with van der Waals surface area (Å²) in [4.78, 5) is 22.6. The minimum absolute atomic E-state index is 0.0254. The third kappa shape index (κ3) is 2.17. The van der Waals surface area contributed by atoms with Gasteiger partial charge >= 0.3 is 0 Å². The quantitative estimate of drug-likeness (QED) is 0.354. The van der Waals surface area contributed by atoms with Crippen molar-refractivity contribution < 1.29 is 9.92 Å². The Morgan fingerprint density at radius 2 is 2.19 bits per heavy atom. The molecule has 1 aromatic rings. The average molecular weight is 264 g/mol. The summed E-state index contributed by atoms with van der Waals surface area (Å²) in [7, 11) is 0. The van der Waals surface area contributed by atoms with Gasteiger partial charge in [0.2, 0.25) is 5.28 Å². The highest BCUT2D eigenvalue weighted by atomic mass is 35.5. The van der Waals surface area contributed by atoms with Gasteiger partial charge in [-0.3, -0.25) is 0 Å². The Morgan fingerprint density at radius 3 is 2.88 bits per heavy atom. The van der Waals surface area contributed by atoms with Crippen molar-refractivity contribution in [3.8, 4) is 0 Å². The van der Waals surface area contributed by atoms with Gasteiger partial charge in [0, 0.05) is 5.56 Å². The predicted molar refractivity (Wildman–Crippen MR) is 55.8 cm³/mol. The summed E-state index contributed by atoms with van der Waals surface area (Å²) in [6.45, 7) is 0. The van der Waals surface area contributed by atoms with Crippen molar-refractivity contribution in [3.05, 3.63) is 31.8 Å². The van der Waals surface area contributed by atoms with Gasteiger partial charge in [0.1, 0.15) is 11.3 Å². The molecule has 0 N–H and O–H groups in total. The van der Waals surface area contributed by atoms with Gasteiger partial charge in [-0.25, -0.2) is 9.97 Å². The van der Waals surface area contributed by atoms with Crippen LogP contribution in [0.3, 0.4) is 0 Å². The van der Waals surface area contributed by atoms with E-state index in [-0.39, 0.29) is 10.4 Å². The molecule has 0 aliphatic heterocycles. The molecule has 0 saturated heterocycles. The minimum atomic E-state index is -0.830. The normalized spacial score (nSPS) is 19.0. The molecule has 8 heteroatoms. The Labute approximate surface area is 101 Å². The molecule has 2 rings (SSSR count). The van der Waals surface area contributed by atoms with Gasteiger partial charge in [-0.05, 0) is 30.9 Å². The van der Waals surface area contributed by atoms with Gasteiger partial charge in [0.25, 0.3) is 5.09 Å². The van der Waals surface area contributed by atoms with Crippen LogP contribution in [0, 0.1) is 10.1 Å². The summed E-state index contributed by atoms with van der Waals surface area (Å²) in [6, 6.07) is 0. The SMILES string of the molecule is O=[N+]([O-])OC1CCCc2c(Cl)nc(Cl)nc21. The molecule has 16 heavy (non-hydrogen) atoms. The molecule has 0 saturated carbocycles. The van der Waals surface area contributed by atoms with E-state index in [4.69, 9.17) is 23.2 Å². The summed E-state index contributed by atoms with van der Waals surface area (Å²) in [5.41, 5.74) is 1.11. The molecular formula is C8H7Cl2N3O3. The van der Waals surface area contributed by atoms with E-state index in [1.54, 1.807) is 0 Å². The maximum atomic E-state index is 10.3. The van der Waals surface area contributed by atoms with Crippen LogP contribution in [-0.4, -0.2) is 15.1 Å². The minimum Gasteiger partial charge on any atom is -0.304 e. The fraction of sp³-hybridized carbons (Fsp3) is 0.500. The first kappa shape index (κ1) is 11.3. The second kappa shape index (κ2) is 4.39. The zero-order valence-corrected chi connectivity index (χ0v) is 9.53. The molecule has 1 heterocycles. The van der Waals surface area contributed by atoms with Crippen LogP contribution in [0.4, 0.5) is 0 Å². The average Bonchev–Trinajstić information content (AvgIpc) is 2.18. The Morgan fingerprint density at radius 1 is 1.44 bits per heavy atom. The van der Waals surface area contributed by atoms with Crippen LogP contribution in [-0.2, 0) is 11.3 Å². The van der Waals surface area contributed by atoms with E-state index < -0.39 is 11.2 Å². The Balaban J connectivity index is 2.41. The summed E-state index contributed by atoms with van der Waals surface area (Å²) < 4.78 is 0. The van der Waals surface area contributed by atoms with Crippen molar-refractivity contribution >= 4 is 23.2 Å². The van der Waals surface area contributed by atoms with Crippen molar-refractivity contribution in [2.75, 3.05) is 0 Å². The first-order chi connectivity index (χ1) is 7.58. The van der Waals surface area contributed by atoms with Crippen LogP contribution in [0.15, 0.2) is 0 Å². The predicted octanol–water partition coefficient (Wildman–Crippen LogP) is 2.37. The Bertz CT molecular complexity index is 441. The highest BCUT2D eigenvalue weighted by Gasteiger charge is 2.27. The van der Waals surface area contributed by atoms with Gasteiger partial charge < -0.3 is 4.84 Å². The van der Waals surface area contributed by atoms with E-state index in [9.17, 15) is 10.1 Å². The van der Waals surface area contributed by atoms with Gasteiger partial charge in [0.15, 0.2) is 0 Å². The molecule has 1 aliphatic carbocycles. The maximum Gasteiger partial charge on any atom is 0.295 e. The van der Waals surface area contributed by atoms with Crippen LogP contribution >= 0.6 is 23.2 Å². The maximum absolute atomic E-state index is 10.3. The van der Waals surface area contributed by atoms with Crippen molar-refractivity contribution in [2.24, 2.45) is 0 Å². The molecular weight excluding hydrogens is 257 g/mol. The largest absolute Gasteiger partial charge is 0.304 e. The van der Waals surface area contributed by atoms with Gasteiger partial charge in [-0.2, -0.15) is 0 Å². The Hall–Kier alpha value is -1.14. The van der Waals surface area contributed by atoms with Crippen LogP contribution in [0.2, 0.25) is 10.4 Å². The van der Waals surface area contributed by atoms with E-state index in [1.165, 1.54) is 0 Å². The van der Waals surface area contributed by atoms with Crippen molar-refractivity contribution in [3.63, 3.8) is 0 Å². The first-order valence-corrected chi connectivity index (χ1v) is 5.36. The monoisotopic (exact) mass is 263 g/mol. The van der Waals surface area contributed by atoms with Crippen LogP contribution < -0.4 is 0 Å². The lowest BCUT2D eigenvalue weighted by Gasteiger charge is -2.22. The van der Waals surface area contributed by atoms with Gasteiger partial charge in [-0.15, -0.1) is 10.1 Å². The molecule has 6 nitrogen and oxygen atoms in total. The molecule has 0 radical (unpaired) electrons. The molecule has 1 unspecified atom stereocenters. The van der Waals surface area contributed by atoms with Crippen molar-refractivity contribution in [2.45, 2.75) is 25.4 Å². The molecule has 1 atom stereocenters.